The summed E-state index contributed by atoms with van der Waals surface area (Å²) < 4.78 is 5.93. The Morgan fingerprint density at radius 2 is 2.21 bits per heavy atom. The number of ether oxygens (including phenoxy) is 1. The maximum Gasteiger partial charge on any atom is 0.288 e. The van der Waals surface area contributed by atoms with E-state index in [0.29, 0.717) is 16.6 Å². The van der Waals surface area contributed by atoms with Crippen LogP contribution in [0.5, 0.6) is 0 Å². The molecule has 3 saturated heterocycles. The second-order valence-corrected chi connectivity index (χ2v) is 10.6. The van der Waals surface area contributed by atoms with Crippen molar-refractivity contribution >= 4 is 45.0 Å². The molecule has 2 bridgehead atoms. The van der Waals surface area contributed by atoms with Crippen LogP contribution in [0, 0.1) is 12.8 Å². The number of nitrogens with two attached hydrogens (primary N) is 1. The van der Waals surface area contributed by atoms with Crippen LogP contribution < -0.4 is 16.0 Å². The van der Waals surface area contributed by atoms with Gasteiger partial charge in [-0.05, 0) is 67.5 Å². The molecule has 3 atom stereocenters. The lowest BCUT2D eigenvalue weighted by atomic mass is 9.84. The Bertz CT molecular complexity index is 1280. The molecule has 7 nitrogen and oxygen atoms in total. The number of aromatic nitrogens is 1. The molecule has 3 N–H and O–H groups in total. The number of nitrogens with zero attached hydrogens (tertiary/aromatic N) is 3. The molecule has 3 aliphatic heterocycles. The zero-order valence-corrected chi connectivity index (χ0v) is 20.1. The van der Waals surface area contributed by atoms with Crippen molar-refractivity contribution in [1.29, 1.82) is 0 Å². The minimum atomic E-state index is -0.272. The van der Waals surface area contributed by atoms with Gasteiger partial charge in [0, 0.05) is 42.6 Å². The number of nitrogens with one attached hydrogen (secondary N) is 1. The van der Waals surface area contributed by atoms with Gasteiger partial charge < -0.3 is 20.7 Å². The molecule has 0 saturated carbocycles. The van der Waals surface area contributed by atoms with Crippen LogP contribution >= 0.6 is 11.3 Å². The molecule has 5 heterocycles. The van der Waals surface area contributed by atoms with E-state index in [1.807, 2.05) is 25.3 Å². The van der Waals surface area contributed by atoms with Crippen LogP contribution in [0.4, 0.5) is 11.4 Å². The fourth-order valence-corrected chi connectivity index (χ4v) is 6.36. The van der Waals surface area contributed by atoms with Crippen LogP contribution in [0.1, 0.15) is 32.9 Å². The molecule has 3 unspecified atom stereocenters. The number of fused-ring (bicyclic) bond motifs is 6. The molecule has 34 heavy (non-hydrogen) atoms. The number of anilines is 2. The number of hydrogen-bond acceptors (Lipinski definition) is 7. The van der Waals surface area contributed by atoms with Gasteiger partial charge in [-0.1, -0.05) is 6.07 Å². The first kappa shape index (κ1) is 21.7. The van der Waals surface area contributed by atoms with Crippen LogP contribution in [0.25, 0.3) is 10.2 Å². The van der Waals surface area contributed by atoms with E-state index in [1.54, 1.807) is 0 Å². The van der Waals surface area contributed by atoms with Crippen molar-refractivity contribution in [2.45, 2.75) is 38.3 Å². The number of benzene rings is 1. The Kier molecular flexibility index (Phi) is 5.59. The van der Waals surface area contributed by atoms with Gasteiger partial charge in [0.1, 0.15) is 9.71 Å². The van der Waals surface area contributed by atoms with Crippen molar-refractivity contribution in [2.24, 2.45) is 10.9 Å². The summed E-state index contributed by atoms with van der Waals surface area (Å²) in [5, 5.41) is 4.34. The Labute approximate surface area is 203 Å². The smallest absolute Gasteiger partial charge is 0.288 e. The van der Waals surface area contributed by atoms with Gasteiger partial charge in [0.25, 0.3) is 5.91 Å². The highest BCUT2D eigenvalue weighted by molar-refractivity contribution is 7.21. The number of pyridine rings is 1. The number of carbonyl (C=O) groups is 1. The lowest BCUT2D eigenvalue weighted by molar-refractivity contribution is 0.0391. The number of thiophene rings is 1. The monoisotopic (exact) mass is 475 g/mol. The Morgan fingerprint density at radius 1 is 1.29 bits per heavy atom. The molecule has 3 aromatic rings. The molecule has 176 valence electrons. The standard InChI is InChI=1S/C26H29N5O2S/c1-15-2-7-22-23(27)24(34-26(22)30-15)25(32)29-10-16-3-4-18-9-19(6-5-17(18)8-16)31-13-21-12-28-11-20(31)14-33-21/h2,5-7,9-10,16,20-21,28H,3-4,8,11-14,27H2,1H3. The molecule has 2 aromatic heterocycles. The van der Waals surface area contributed by atoms with E-state index in [1.165, 1.54) is 28.2 Å². The zero-order valence-electron chi connectivity index (χ0n) is 19.3. The van der Waals surface area contributed by atoms with Crippen molar-refractivity contribution in [2.75, 3.05) is 36.9 Å². The first-order valence-electron chi connectivity index (χ1n) is 12.0. The molecule has 0 spiro atoms. The predicted octanol–water partition coefficient (Wildman–Crippen LogP) is 3.38. The van der Waals surface area contributed by atoms with Gasteiger partial charge in [-0.2, -0.15) is 0 Å². The zero-order chi connectivity index (χ0) is 23.2. The Morgan fingerprint density at radius 3 is 3.12 bits per heavy atom. The van der Waals surface area contributed by atoms with Crippen molar-refractivity contribution in [3.8, 4) is 0 Å². The van der Waals surface area contributed by atoms with E-state index >= 15 is 0 Å². The average Bonchev–Trinajstić information content (AvgIpc) is 3.01. The number of hydrogen-bond donors (Lipinski definition) is 2. The third kappa shape index (κ3) is 4.00. The normalized spacial score (nSPS) is 24.5. The number of carbonyl (C=O) groups excluding carboxylic acids is 1. The average molecular weight is 476 g/mol. The van der Waals surface area contributed by atoms with Gasteiger partial charge in [0.05, 0.1) is 24.4 Å². The number of amides is 1. The molecule has 4 aliphatic rings. The summed E-state index contributed by atoms with van der Waals surface area (Å²) in [5.41, 5.74) is 11.7. The van der Waals surface area contributed by atoms with Gasteiger partial charge in [-0.15, -0.1) is 11.3 Å². The molecular weight excluding hydrogens is 446 g/mol. The van der Waals surface area contributed by atoms with Crippen LogP contribution in [0.15, 0.2) is 35.3 Å². The van der Waals surface area contributed by atoms with E-state index in [0.717, 1.165) is 61.4 Å². The summed E-state index contributed by atoms with van der Waals surface area (Å²) >= 11 is 1.33. The van der Waals surface area contributed by atoms with E-state index in [4.69, 9.17) is 10.5 Å². The highest BCUT2D eigenvalue weighted by Crippen LogP contribution is 2.34. The third-order valence-corrected chi connectivity index (χ3v) is 8.34. The summed E-state index contributed by atoms with van der Waals surface area (Å²) in [5.74, 6) is -0.0172. The topological polar surface area (TPSA) is 92.8 Å². The van der Waals surface area contributed by atoms with Gasteiger partial charge in [0.2, 0.25) is 0 Å². The Balaban J connectivity index is 1.16. The number of aryl methyl sites for hydroxylation is 2. The van der Waals surface area contributed by atoms with Crippen LogP contribution in [0.2, 0.25) is 0 Å². The van der Waals surface area contributed by atoms with E-state index in [9.17, 15) is 4.79 Å². The molecular formula is C26H29N5O2S. The minimum Gasteiger partial charge on any atom is -0.397 e. The summed E-state index contributed by atoms with van der Waals surface area (Å²) in [7, 11) is 0. The molecule has 1 amide bonds. The van der Waals surface area contributed by atoms with Crippen LogP contribution in [0.3, 0.4) is 0 Å². The van der Waals surface area contributed by atoms with E-state index in [2.05, 4.69) is 38.4 Å². The first-order chi connectivity index (χ1) is 16.5. The maximum atomic E-state index is 12.8. The SMILES string of the molecule is Cc1ccc2c(N)c(C(=O)N=CC3CCc4cc(N5CC6CNCC5CO6)ccc4C3)sc2n1. The quantitative estimate of drug-likeness (QED) is 0.564. The van der Waals surface area contributed by atoms with Gasteiger partial charge >= 0.3 is 0 Å². The maximum absolute atomic E-state index is 12.8. The highest BCUT2D eigenvalue weighted by Gasteiger charge is 2.32. The number of rotatable bonds is 3. The summed E-state index contributed by atoms with van der Waals surface area (Å²) in [6.07, 6.45) is 5.00. The lowest BCUT2D eigenvalue weighted by Gasteiger charge is -2.38. The molecule has 8 heteroatoms. The van der Waals surface area contributed by atoms with Gasteiger partial charge in [0.15, 0.2) is 0 Å². The number of aliphatic imine (C=N–C) groups is 1. The van der Waals surface area contributed by atoms with Crippen molar-refractivity contribution in [3.63, 3.8) is 0 Å². The van der Waals surface area contributed by atoms with E-state index < -0.39 is 0 Å². The molecule has 7 rings (SSSR count). The first-order valence-corrected chi connectivity index (χ1v) is 12.8. The second kappa shape index (κ2) is 8.76. The highest BCUT2D eigenvalue weighted by atomic mass is 32.1. The number of nitrogen functional groups attached to an aromatic ring is 1. The molecule has 0 radical (unpaired) electrons. The molecule has 1 aliphatic carbocycles. The van der Waals surface area contributed by atoms with Gasteiger partial charge in [-0.3, -0.25) is 4.79 Å². The summed E-state index contributed by atoms with van der Waals surface area (Å²) in [6, 6.07) is 11.1. The Hall–Kier alpha value is -2.81. The predicted molar refractivity (Wildman–Crippen MR) is 137 cm³/mol. The minimum absolute atomic E-state index is 0.255. The summed E-state index contributed by atoms with van der Waals surface area (Å²) in [4.78, 5) is 25.4. The molecule has 3 fully saturated rings. The van der Waals surface area contributed by atoms with Crippen molar-refractivity contribution in [1.82, 2.24) is 10.3 Å². The van der Waals surface area contributed by atoms with E-state index in [-0.39, 0.29) is 17.9 Å². The fraction of sp³-hybridized carbons (Fsp3) is 0.423. The fourth-order valence-electron chi connectivity index (χ4n) is 5.33. The molecule has 1 aromatic carbocycles. The lowest BCUT2D eigenvalue weighted by Crippen LogP contribution is -2.49. The largest absolute Gasteiger partial charge is 0.397 e. The van der Waals surface area contributed by atoms with Gasteiger partial charge in [-0.25, -0.2) is 9.98 Å². The van der Waals surface area contributed by atoms with Crippen LogP contribution in [-0.2, 0) is 17.6 Å². The second-order valence-electron chi connectivity index (χ2n) is 9.61. The number of morpholine rings is 1. The van der Waals surface area contributed by atoms with Crippen molar-refractivity contribution in [3.05, 3.63) is 52.0 Å². The third-order valence-electron chi connectivity index (χ3n) is 7.24. The van der Waals surface area contributed by atoms with Crippen molar-refractivity contribution < 1.29 is 9.53 Å². The summed E-state index contributed by atoms with van der Waals surface area (Å²) in [6.45, 7) is 5.58. The van der Waals surface area contributed by atoms with Crippen LogP contribution in [-0.4, -0.2) is 55.5 Å².